The van der Waals surface area contributed by atoms with Crippen LogP contribution in [0.3, 0.4) is 0 Å². The molecule has 0 bridgehead atoms. The van der Waals surface area contributed by atoms with E-state index >= 15 is 0 Å². The molecule has 3 nitrogen and oxygen atoms in total. The van der Waals surface area contributed by atoms with Gasteiger partial charge in [0.2, 0.25) is 0 Å². The summed E-state index contributed by atoms with van der Waals surface area (Å²) in [5, 5.41) is 3.32. The van der Waals surface area contributed by atoms with Gasteiger partial charge in [0.25, 0.3) is 0 Å². The molecule has 2 aromatic rings. The summed E-state index contributed by atoms with van der Waals surface area (Å²) in [6, 6.07) is 10.2. The molecule has 0 fully saturated rings. The van der Waals surface area contributed by atoms with Gasteiger partial charge in [-0.2, -0.15) is 0 Å². The number of anilines is 2. The number of hydrogen-bond acceptors (Lipinski definition) is 3. The van der Waals surface area contributed by atoms with E-state index < -0.39 is 0 Å². The fourth-order valence-corrected chi connectivity index (χ4v) is 1.48. The fraction of sp³-hybridized carbons (Fsp3) is 0.154. The maximum Gasteiger partial charge on any atom is 0.0504 e. The van der Waals surface area contributed by atoms with Crippen LogP contribution >= 0.6 is 0 Å². The lowest BCUT2D eigenvalue weighted by atomic mass is 10.2. The van der Waals surface area contributed by atoms with Crippen molar-refractivity contribution in [3.8, 4) is 0 Å². The van der Waals surface area contributed by atoms with E-state index in [1.807, 2.05) is 12.3 Å². The van der Waals surface area contributed by atoms with Crippen LogP contribution in [-0.2, 0) is 6.54 Å². The lowest BCUT2D eigenvalue weighted by Crippen LogP contribution is -2.00. The van der Waals surface area contributed by atoms with E-state index in [1.165, 1.54) is 5.56 Å². The largest absolute Gasteiger partial charge is 0.397 e. The molecule has 0 saturated carbocycles. The minimum absolute atomic E-state index is 0.697. The number of nitrogen functional groups attached to an aromatic ring is 1. The van der Waals surface area contributed by atoms with Crippen LogP contribution in [0.4, 0.5) is 11.4 Å². The van der Waals surface area contributed by atoms with Gasteiger partial charge in [-0.1, -0.05) is 17.7 Å². The summed E-state index contributed by atoms with van der Waals surface area (Å²) >= 11 is 0. The molecule has 82 valence electrons. The number of nitrogens with two attached hydrogens (primary N) is 1. The van der Waals surface area contributed by atoms with Crippen LogP contribution in [0.5, 0.6) is 0 Å². The molecule has 16 heavy (non-hydrogen) atoms. The Morgan fingerprint density at radius 2 is 1.94 bits per heavy atom. The average Bonchev–Trinajstić information content (AvgIpc) is 2.28. The third-order valence-electron chi connectivity index (χ3n) is 2.36. The van der Waals surface area contributed by atoms with Gasteiger partial charge in [-0.15, -0.1) is 0 Å². The van der Waals surface area contributed by atoms with Crippen LogP contribution in [-0.4, -0.2) is 4.98 Å². The lowest BCUT2D eigenvalue weighted by Gasteiger charge is -2.06. The number of aromatic nitrogens is 1. The Morgan fingerprint density at radius 1 is 1.19 bits per heavy atom. The Morgan fingerprint density at radius 3 is 2.62 bits per heavy atom. The summed E-state index contributed by atoms with van der Waals surface area (Å²) in [6.45, 7) is 2.81. The summed E-state index contributed by atoms with van der Waals surface area (Å²) in [4.78, 5) is 4.05. The van der Waals surface area contributed by atoms with Crippen molar-refractivity contribution in [3.05, 3.63) is 53.9 Å². The number of aryl methyl sites for hydroxylation is 1. The molecule has 0 amide bonds. The zero-order valence-electron chi connectivity index (χ0n) is 9.27. The molecule has 0 spiro atoms. The molecule has 0 aliphatic carbocycles. The van der Waals surface area contributed by atoms with Gasteiger partial charge < -0.3 is 11.1 Å². The van der Waals surface area contributed by atoms with Gasteiger partial charge >= 0.3 is 0 Å². The van der Waals surface area contributed by atoms with Crippen molar-refractivity contribution in [1.82, 2.24) is 4.98 Å². The number of nitrogens with zero attached hydrogens (tertiary/aromatic N) is 1. The highest BCUT2D eigenvalue weighted by Crippen LogP contribution is 2.11. The van der Waals surface area contributed by atoms with E-state index in [0.717, 1.165) is 17.8 Å². The van der Waals surface area contributed by atoms with Gasteiger partial charge in [0, 0.05) is 24.6 Å². The van der Waals surface area contributed by atoms with E-state index in [0.29, 0.717) is 5.69 Å². The van der Waals surface area contributed by atoms with Crippen LogP contribution in [0.2, 0.25) is 0 Å². The maximum atomic E-state index is 5.66. The molecule has 0 radical (unpaired) electrons. The van der Waals surface area contributed by atoms with E-state index in [-0.39, 0.29) is 0 Å². The van der Waals surface area contributed by atoms with Crippen molar-refractivity contribution in [2.24, 2.45) is 0 Å². The third-order valence-corrected chi connectivity index (χ3v) is 2.36. The van der Waals surface area contributed by atoms with Gasteiger partial charge in [-0.05, 0) is 30.7 Å². The highest BCUT2D eigenvalue weighted by atomic mass is 14.9. The average molecular weight is 213 g/mol. The number of benzene rings is 1. The topological polar surface area (TPSA) is 50.9 Å². The van der Waals surface area contributed by atoms with Crippen LogP contribution in [0.25, 0.3) is 0 Å². The van der Waals surface area contributed by atoms with Crippen molar-refractivity contribution in [2.75, 3.05) is 11.1 Å². The van der Waals surface area contributed by atoms with Gasteiger partial charge in [0.15, 0.2) is 0 Å². The molecular weight excluding hydrogens is 198 g/mol. The highest BCUT2D eigenvalue weighted by molar-refractivity contribution is 5.45. The number of hydrogen-bond donors (Lipinski definition) is 2. The zero-order valence-corrected chi connectivity index (χ0v) is 9.27. The highest BCUT2D eigenvalue weighted by Gasteiger charge is 1.95. The summed E-state index contributed by atoms with van der Waals surface area (Å²) < 4.78 is 0. The normalized spacial score (nSPS) is 10.1. The summed E-state index contributed by atoms with van der Waals surface area (Å²) in [5.74, 6) is 0. The molecule has 1 aromatic heterocycles. The Bertz CT molecular complexity index is 463. The number of pyridine rings is 1. The van der Waals surface area contributed by atoms with Crippen LogP contribution in [0.15, 0.2) is 42.7 Å². The first-order chi connectivity index (χ1) is 7.74. The first kappa shape index (κ1) is 10.5. The van der Waals surface area contributed by atoms with Gasteiger partial charge in [0.05, 0.1) is 5.69 Å². The fourth-order valence-electron chi connectivity index (χ4n) is 1.48. The first-order valence-electron chi connectivity index (χ1n) is 5.24. The van der Waals surface area contributed by atoms with Crippen molar-refractivity contribution >= 4 is 11.4 Å². The summed E-state index contributed by atoms with van der Waals surface area (Å²) in [6.07, 6.45) is 3.47. The second-order valence-electron chi connectivity index (χ2n) is 3.85. The monoisotopic (exact) mass is 213 g/mol. The van der Waals surface area contributed by atoms with Crippen molar-refractivity contribution in [3.63, 3.8) is 0 Å². The molecule has 1 heterocycles. The Kier molecular flexibility index (Phi) is 3.05. The van der Waals surface area contributed by atoms with Crippen molar-refractivity contribution < 1.29 is 0 Å². The van der Waals surface area contributed by atoms with Crippen LogP contribution in [0, 0.1) is 6.92 Å². The smallest absolute Gasteiger partial charge is 0.0504 e. The maximum absolute atomic E-state index is 5.66. The van der Waals surface area contributed by atoms with E-state index in [2.05, 4.69) is 41.5 Å². The van der Waals surface area contributed by atoms with Crippen LogP contribution in [0.1, 0.15) is 11.1 Å². The van der Waals surface area contributed by atoms with Crippen molar-refractivity contribution in [1.29, 1.82) is 0 Å². The second kappa shape index (κ2) is 4.66. The Hall–Kier alpha value is -2.03. The molecular formula is C13H15N3. The SMILES string of the molecule is Cc1ccc(NCc2cncc(N)c2)cc1. The molecule has 0 unspecified atom stereocenters. The minimum Gasteiger partial charge on any atom is -0.397 e. The number of rotatable bonds is 3. The molecule has 0 aliphatic heterocycles. The third kappa shape index (κ3) is 2.73. The molecule has 0 saturated heterocycles. The summed E-state index contributed by atoms with van der Waals surface area (Å²) in [5.41, 5.74) is 9.80. The second-order valence-corrected chi connectivity index (χ2v) is 3.85. The molecule has 2 rings (SSSR count). The van der Waals surface area contributed by atoms with E-state index in [4.69, 9.17) is 5.73 Å². The zero-order chi connectivity index (χ0) is 11.4. The summed E-state index contributed by atoms with van der Waals surface area (Å²) in [7, 11) is 0. The quantitative estimate of drug-likeness (QED) is 0.824. The lowest BCUT2D eigenvalue weighted by molar-refractivity contribution is 1.11. The molecule has 0 aliphatic rings. The standard InChI is InChI=1S/C13H15N3/c1-10-2-4-13(5-3-10)16-8-11-6-12(14)9-15-7-11/h2-7,9,16H,8,14H2,1H3. The van der Waals surface area contributed by atoms with E-state index in [1.54, 1.807) is 6.20 Å². The molecule has 1 aromatic carbocycles. The Balaban J connectivity index is 1.99. The van der Waals surface area contributed by atoms with Crippen LogP contribution < -0.4 is 11.1 Å². The molecule has 0 atom stereocenters. The molecule has 3 N–H and O–H groups in total. The van der Waals surface area contributed by atoms with E-state index in [9.17, 15) is 0 Å². The van der Waals surface area contributed by atoms with Gasteiger partial charge in [-0.3, -0.25) is 4.98 Å². The predicted molar refractivity (Wildman–Crippen MR) is 67.2 cm³/mol. The Labute approximate surface area is 95.3 Å². The predicted octanol–water partition coefficient (Wildman–Crippen LogP) is 2.58. The van der Waals surface area contributed by atoms with Crippen molar-refractivity contribution in [2.45, 2.75) is 13.5 Å². The number of nitrogens with one attached hydrogen (secondary N) is 1. The van der Waals surface area contributed by atoms with Gasteiger partial charge in [0.1, 0.15) is 0 Å². The first-order valence-corrected chi connectivity index (χ1v) is 5.24. The minimum atomic E-state index is 0.697. The van der Waals surface area contributed by atoms with Gasteiger partial charge in [-0.25, -0.2) is 0 Å². The molecule has 3 heteroatoms.